The Morgan fingerprint density at radius 1 is 0.880 bits per heavy atom. The maximum Gasteiger partial charge on any atom is 0.158 e. The molecule has 0 saturated heterocycles. The third-order valence-electron chi connectivity index (χ3n) is 3.44. The molecule has 1 heterocycles. The van der Waals surface area contributed by atoms with Gasteiger partial charge in [0, 0.05) is 35.8 Å². The van der Waals surface area contributed by atoms with E-state index in [1.807, 2.05) is 0 Å². The Morgan fingerprint density at radius 2 is 1.64 bits per heavy atom. The molecule has 0 aliphatic rings. The zero-order valence-corrected chi connectivity index (χ0v) is 13.9. The normalized spacial score (nSPS) is 10.7. The summed E-state index contributed by atoms with van der Waals surface area (Å²) in [6.07, 6.45) is 3.02. The highest BCUT2D eigenvalue weighted by Crippen LogP contribution is 2.27. The van der Waals surface area contributed by atoms with Gasteiger partial charge in [-0.2, -0.15) is 0 Å². The first-order valence-electron chi connectivity index (χ1n) is 7.48. The first-order valence-corrected chi connectivity index (χ1v) is 8.47. The third kappa shape index (κ3) is 4.51. The van der Waals surface area contributed by atoms with Crippen molar-refractivity contribution in [3.8, 4) is 0 Å². The maximum atomic E-state index is 13.7. The fourth-order valence-corrected chi connectivity index (χ4v) is 3.08. The predicted octanol–water partition coefficient (Wildman–Crippen LogP) is 4.80. The van der Waals surface area contributed by atoms with Crippen molar-refractivity contribution < 1.29 is 13.2 Å². The van der Waals surface area contributed by atoms with Gasteiger partial charge in [-0.1, -0.05) is 30.0 Å². The Kier molecular flexibility index (Phi) is 5.55. The lowest BCUT2D eigenvalue weighted by molar-refractivity contribution is 0.591. The average Bonchev–Trinajstić information content (AvgIpc) is 2.62. The number of benzene rings is 2. The van der Waals surface area contributed by atoms with Gasteiger partial charge in [-0.05, 0) is 24.3 Å². The van der Waals surface area contributed by atoms with Gasteiger partial charge in [-0.25, -0.2) is 23.1 Å². The van der Waals surface area contributed by atoms with Crippen molar-refractivity contribution in [3.63, 3.8) is 0 Å². The third-order valence-corrected chi connectivity index (χ3v) is 4.47. The van der Waals surface area contributed by atoms with Crippen molar-refractivity contribution in [3.05, 3.63) is 83.4 Å². The summed E-state index contributed by atoms with van der Waals surface area (Å²) < 4.78 is 40.6. The molecule has 0 unspecified atom stereocenters. The second kappa shape index (κ2) is 8.02. The molecule has 0 bridgehead atoms. The molecule has 0 amide bonds. The fraction of sp³-hybridized carbons (Fsp3) is 0.111. The summed E-state index contributed by atoms with van der Waals surface area (Å²) in [5.41, 5.74) is 0.746. The summed E-state index contributed by atoms with van der Waals surface area (Å²) in [7, 11) is 0. The number of anilines is 1. The first-order chi connectivity index (χ1) is 12.1. The zero-order valence-electron chi connectivity index (χ0n) is 13.0. The molecular weight excluding hydrogens is 347 g/mol. The molecule has 1 N–H and O–H groups in total. The molecule has 0 spiro atoms. The lowest BCUT2D eigenvalue weighted by Crippen LogP contribution is -2.05. The summed E-state index contributed by atoms with van der Waals surface area (Å²) >= 11 is 1.23. The van der Waals surface area contributed by atoms with Gasteiger partial charge in [0.25, 0.3) is 0 Å². The smallest absolute Gasteiger partial charge is 0.158 e. The van der Waals surface area contributed by atoms with Crippen molar-refractivity contribution in [1.82, 2.24) is 9.97 Å². The Balaban J connectivity index is 1.70. The molecule has 0 radical (unpaired) electrons. The Labute approximate surface area is 147 Å². The molecule has 128 valence electrons. The molecule has 0 aliphatic heterocycles. The van der Waals surface area contributed by atoms with Gasteiger partial charge in [-0.3, -0.25) is 0 Å². The molecule has 0 fully saturated rings. The lowest BCUT2D eigenvalue weighted by atomic mass is 10.2. The van der Waals surface area contributed by atoms with Crippen LogP contribution in [0.1, 0.15) is 11.1 Å². The van der Waals surface area contributed by atoms with Crippen molar-refractivity contribution in [2.75, 3.05) is 5.32 Å². The van der Waals surface area contributed by atoms with Crippen LogP contribution in [0.4, 0.5) is 19.0 Å². The van der Waals surface area contributed by atoms with E-state index in [2.05, 4.69) is 15.3 Å². The lowest BCUT2D eigenvalue weighted by Gasteiger charge is -2.10. The number of nitrogens with one attached hydrogen (secondary N) is 1. The summed E-state index contributed by atoms with van der Waals surface area (Å²) in [5.74, 6) is -0.605. The minimum atomic E-state index is -0.492. The van der Waals surface area contributed by atoms with E-state index in [1.165, 1.54) is 30.2 Å². The molecule has 7 heteroatoms. The van der Waals surface area contributed by atoms with Gasteiger partial charge in [0.15, 0.2) is 5.82 Å². The number of thioether (sulfide) groups is 1. The van der Waals surface area contributed by atoms with Gasteiger partial charge in [0.1, 0.15) is 22.5 Å². The Bertz CT molecular complexity index is 874. The Morgan fingerprint density at radius 3 is 2.48 bits per heavy atom. The van der Waals surface area contributed by atoms with Crippen LogP contribution >= 0.6 is 11.8 Å². The zero-order chi connectivity index (χ0) is 17.6. The number of hydrogen-bond donors (Lipinski definition) is 1. The molecule has 2 aromatic carbocycles. The van der Waals surface area contributed by atoms with E-state index >= 15 is 0 Å². The van der Waals surface area contributed by atoms with E-state index in [9.17, 15) is 13.2 Å². The quantitative estimate of drug-likeness (QED) is 0.640. The molecular formula is C18H14F3N3S. The second-order valence-corrected chi connectivity index (χ2v) is 6.14. The van der Waals surface area contributed by atoms with E-state index in [4.69, 9.17) is 0 Å². The van der Waals surface area contributed by atoms with Crippen molar-refractivity contribution in [1.29, 1.82) is 0 Å². The number of rotatable bonds is 6. The molecule has 0 aliphatic carbocycles. The monoisotopic (exact) mass is 361 g/mol. The molecule has 0 saturated carbocycles. The van der Waals surface area contributed by atoms with E-state index in [0.29, 0.717) is 16.4 Å². The van der Waals surface area contributed by atoms with E-state index < -0.39 is 11.6 Å². The minimum absolute atomic E-state index is 0.205. The molecule has 3 rings (SSSR count). The van der Waals surface area contributed by atoms with Crippen molar-refractivity contribution in [2.45, 2.75) is 17.3 Å². The highest BCUT2D eigenvalue weighted by atomic mass is 32.2. The highest BCUT2D eigenvalue weighted by Gasteiger charge is 2.10. The SMILES string of the molecule is Fc1ccc(F)c(CSc2nccnc2NCc2ccccc2F)c1. The van der Waals surface area contributed by atoms with Crippen LogP contribution in [-0.2, 0) is 12.3 Å². The number of hydrogen-bond acceptors (Lipinski definition) is 4. The van der Waals surface area contributed by atoms with Crippen LogP contribution in [-0.4, -0.2) is 9.97 Å². The van der Waals surface area contributed by atoms with Crippen LogP contribution in [0.15, 0.2) is 59.9 Å². The molecule has 25 heavy (non-hydrogen) atoms. The average molecular weight is 361 g/mol. The number of halogens is 3. The fourth-order valence-electron chi connectivity index (χ4n) is 2.17. The van der Waals surface area contributed by atoms with E-state index in [1.54, 1.807) is 18.2 Å². The van der Waals surface area contributed by atoms with Crippen LogP contribution in [0.25, 0.3) is 0 Å². The summed E-state index contributed by atoms with van der Waals surface area (Å²) in [4.78, 5) is 8.40. The Hall–Kier alpha value is -2.54. The second-order valence-electron chi connectivity index (χ2n) is 5.18. The standard InChI is InChI=1S/C18H14F3N3S/c19-14-5-6-16(21)13(9-14)11-25-18-17(22-7-8-23-18)24-10-12-3-1-2-4-15(12)20/h1-9H,10-11H2,(H,22,24). The van der Waals surface area contributed by atoms with Crippen LogP contribution in [0.2, 0.25) is 0 Å². The van der Waals surface area contributed by atoms with E-state index in [0.717, 1.165) is 18.2 Å². The van der Waals surface area contributed by atoms with Gasteiger partial charge in [-0.15, -0.1) is 0 Å². The summed E-state index contributed by atoms with van der Waals surface area (Å²) in [5, 5.41) is 3.56. The number of nitrogens with zero attached hydrogens (tertiary/aromatic N) is 2. The van der Waals surface area contributed by atoms with Crippen LogP contribution < -0.4 is 5.32 Å². The van der Waals surface area contributed by atoms with Gasteiger partial charge < -0.3 is 5.32 Å². The summed E-state index contributed by atoms with van der Waals surface area (Å²) in [6.45, 7) is 0.243. The minimum Gasteiger partial charge on any atom is -0.364 e. The maximum absolute atomic E-state index is 13.7. The van der Waals surface area contributed by atoms with E-state index in [-0.39, 0.29) is 23.7 Å². The molecule has 3 nitrogen and oxygen atoms in total. The molecule has 3 aromatic rings. The number of aromatic nitrogens is 2. The first kappa shape index (κ1) is 17.3. The van der Waals surface area contributed by atoms with Crippen LogP contribution in [0.3, 0.4) is 0 Å². The molecule has 0 atom stereocenters. The van der Waals surface area contributed by atoms with Gasteiger partial charge >= 0.3 is 0 Å². The van der Waals surface area contributed by atoms with Gasteiger partial charge in [0.2, 0.25) is 0 Å². The van der Waals surface area contributed by atoms with Crippen LogP contribution in [0, 0.1) is 17.5 Å². The van der Waals surface area contributed by atoms with Gasteiger partial charge in [0.05, 0.1) is 0 Å². The van der Waals surface area contributed by atoms with Crippen molar-refractivity contribution in [2.24, 2.45) is 0 Å². The largest absolute Gasteiger partial charge is 0.364 e. The van der Waals surface area contributed by atoms with Crippen molar-refractivity contribution >= 4 is 17.6 Å². The predicted molar refractivity (Wildman–Crippen MR) is 91.7 cm³/mol. The van der Waals surface area contributed by atoms with Crippen LogP contribution in [0.5, 0.6) is 0 Å². The molecule has 1 aromatic heterocycles. The highest BCUT2D eigenvalue weighted by molar-refractivity contribution is 7.98. The summed E-state index contributed by atoms with van der Waals surface area (Å²) in [6, 6.07) is 9.76. The topological polar surface area (TPSA) is 37.8 Å².